The number of hydrogen-bond donors (Lipinski definition) is 1. The highest BCUT2D eigenvalue weighted by Gasteiger charge is 2.08. The van der Waals surface area contributed by atoms with E-state index < -0.39 is 10.8 Å². The lowest BCUT2D eigenvalue weighted by atomic mass is 10.1. The zero-order chi connectivity index (χ0) is 15.2. The number of nitrogens with two attached hydrogens (primary N) is 1. The Morgan fingerprint density at radius 3 is 2.57 bits per heavy atom. The summed E-state index contributed by atoms with van der Waals surface area (Å²) < 4.78 is 17.5. The predicted octanol–water partition coefficient (Wildman–Crippen LogP) is 3.26. The molecule has 112 valence electrons. The van der Waals surface area contributed by atoms with Crippen LogP contribution in [-0.2, 0) is 28.9 Å². The van der Waals surface area contributed by atoms with Crippen LogP contribution in [0.5, 0.6) is 5.75 Å². The first-order valence-corrected chi connectivity index (χ1v) is 8.45. The van der Waals surface area contributed by atoms with Gasteiger partial charge in [-0.1, -0.05) is 35.9 Å². The Balaban J connectivity index is 2.08. The molecule has 2 rings (SSSR count). The van der Waals surface area contributed by atoms with Gasteiger partial charge in [0, 0.05) is 33.7 Å². The summed E-state index contributed by atoms with van der Waals surface area (Å²) in [5, 5.41) is 0.656. The molecule has 21 heavy (non-hydrogen) atoms. The molecule has 2 aromatic rings. The van der Waals surface area contributed by atoms with E-state index in [9.17, 15) is 4.21 Å². The van der Waals surface area contributed by atoms with Gasteiger partial charge in [-0.2, -0.15) is 0 Å². The Labute approximate surface area is 132 Å². The lowest BCUT2D eigenvalue weighted by Gasteiger charge is -2.09. The molecule has 0 aromatic heterocycles. The second-order valence-electron chi connectivity index (χ2n) is 4.67. The van der Waals surface area contributed by atoms with E-state index in [0.29, 0.717) is 23.1 Å². The van der Waals surface area contributed by atoms with E-state index >= 15 is 0 Å². The Kier molecular flexibility index (Phi) is 5.79. The minimum absolute atomic E-state index is 0.397. The fourth-order valence-corrected chi connectivity index (χ4v) is 3.64. The summed E-state index contributed by atoms with van der Waals surface area (Å²) in [7, 11) is 0.598. The highest BCUT2D eigenvalue weighted by Crippen LogP contribution is 2.22. The van der Waals surface area contributed by atoms with E-state index in [-0.39, 0.29) is 0 Å². The molecule has 0 aliphatic carbocycles. The fraction of sp³-hybridized carbons (Fsp3) is 0.250. The maximum Gasteiger partial charge on any atom is 0.123 e. The van der Waals surface area contributed by atoms with Crippen LogP contribution in [-0.4, -0.2) is 11.3 Å². The lowest BCUT2D eigenvalue weighted by molar-refractivity contribution is 0.409. The van der Waals surface area contributed by atoms with Crippen LogP contribution in [0.1, 0.15) is 16.7 Å². The van der Waals surface area contributed by atoms with Gasteiger partial charge in [0.1, 0.15) is 5.75 Å². The van der Waals surface area contributed by atoms with Gasteiger partial charge in [-0.3, -0.25) is 4.21 Å². The SMILES string of the molecule is COc1ccc(CS(=O)Cc2ccccc2Cl)cc1CN. The standard InChI is InChI=1S/C16H18ClNO2S/c1-20-16-7-6-12(8-14(16)9-18)10-21(19)11-13-4-2-3-5-15(13)17/h2-8H,9-11,18H2,1H3. The average Bonchev–Trinajstić information content (AvgIpc) is 2.49. The molecule has 0 aliphatic rings. The summed E-state index contributed by atoms with van der Waals surface area (Å²) in [6.45, 7) is 0.397. The van der Waals surface area contributed by atoms with Gasteiger partial charge in [0.05, 0.1) is 12.9 Å². The van der Waals surface area contributed by atoms with E-state index in [1.807, 2.05) is 42.5 Å². The van der Waals surface area contributed by atoms with Gasteiger partial charge < -0.3 is 10.5 Å². The molecule has 2 N–H and O–H groups in total. The molecule has 0 saturated carbocycles. The van der Waals surface area contributed by atoms with Crippen LogP contribution in [0.3, 0.4) is 0 Å². The Hall–Kier alpha value is -1.36. The van der Waals surface area contributed by atoms with Gasteiger partial charge in [0.15, 0.2) is 0 Å². The van der Waals surface area contributed by atoms with Crippen molar-refractivity contribution >= 4 is 22.4 Å². The highest BCUT2D eigenvalue weighted by molar-refractivity contribution is 7.83. The van der Waals surface area contributed by atoms with Gasteiger partial charge in [-0.25, -0.2) is 0 Å². The monoisotopic (exact) mass is 323 g/mol. The quantitative estimate of drug-likeness (QED) is 0.887. The lowest BCUT2D eigenvalue weighted by Crippen LogP contribution is -2.04. The van der Waals surface area contributed by atoms with Crippen molar-refractivity contribution in [1.82, 2.24) is 0 Å². The van der Waals surface area contributed by atoms with E-state index in [4.69, 9.17) is 22.1 Å². The molecule has 0 spiro atoms. The molecule has 0 fully saturated rings. The van der Waals surface area contributed by atoms with Gasteiger partial charge in [-0.15, -0.1) is 0 Å². The molecule has 1 unspecified atom stereocenters. The van der Waals surface area contributed by atoms with Crippen molar-refractivity contribution in [2.75, 3.05) is 7.11 Å². The molecule has 0 saturated heterocycles. The molecule has 0 bridgehead atoms. The van der Waals surface area contributed by atoms with Gasteiger partial charge in [0.2, 0.25) is 0 Å². The Bertz CT molecular complexity index is 646. The first-order chi connectivity index (χ1) is 10.1. The fourth-order valence-electron chi connectivity index (χ4n) is 2.11. The van der Waals surface area contributed by atoms with E-state index in [1.54, 1.807) is 7.11 Å². The Morgan fingerprint density at radius 2 is 1.90 bits per heavy atom. The van der Waals surface area contributed by atoms with Crippen molar-refractivity contribution in [3.8, 4) is 5.75 Å². The molecule has 0 radical (unpaired) electrons. The van der Waals surface area contributed by atoms with Gasteiger partial charge in [-0.05, 0) is 29.3 Å². The maximum atomic E-state index is 12.3. The predicted molar refractivity (Wildman–Crippen MR) is 87.9 cm³/mol. The van der Waals surface area contributed by atoms with Crippen LogP contribution in [0.2, 0.25) is 5.02 Å². The summed E-state index contributed by atoms with van der Waals surface area (Å²) in [5.41, 5.74) is 8.51. The summed E-state index contributed by atoms with van der Waals surface area (Å²) in [4.78, 5) is 0. The van der Waals surface area contributed by atoms with Crippen LogP contribution in [0.4, 0.5) is 0 Å². The Morgan fingerprint density at radius 1 is 1.14 bits per heavy atom. The topological polar surface area (TPSA) is 52.3 Å². The molecular formula is C16H18ClNO2S. The second-order valence-corrected chi connectivity index (χ2v) is 6.53. The number of halogens is 1. The maximum absolute atomic E-state index is 12.3. The van der Waals surface area contributed by atoms with Crippen molar-refractivity contribution in [2.45, 2.75) is 18.1 Å². The molecule has 2 aromatic carbocycles. The minimum atomic E-state index is -1.02. The summed E-state index contributed by atoms with van der Waals surface area (Å²) in [6, 6.07) is 13.2. The van der Waals surface area contributed by atoms with E-state index in [2.05, 4.69) is 0 Å². The van der Waals surface area contributed by atoms with Gasteiger partial charge in [0.25, 0.3) is 0 Å². The van der Waals surface area contributed by atoms with E-state index in [0.717, 1.165) is 22.4 Å². The third-order valence-electron chi connectivity index (χ3n) is 3.17. The van der Waals surface area contributed by atoms with Crippen LogP contribution in [0.15, 0.2) is 42.5 Å². The molecule has 3 nitrogen and oxygen atoms in total. The molecule has 0 heterocycles. The summed E-state index contributed by atoms with van der Waals surface area (Å²) in [5.74, 6) is 1.68. The third-order valence-corrected chi connectivity index (χ3v) is 4.82. The second kappa shape index (κ2) is 7.59. The van der Waals surface area contributed by atoms with Crippen LogP contribution in [0, 0.1) is 0 Å². The van der Waals surface area contributed by atoms with Crippen molar-refractivity contribution in [3.05, 3.63) is 64.2 Å². The summed E-state index contributed by atoms with van der Waals surface area (Å²) in [6.07, 6.45) is 0. The van der Waals surface area contributed by atoms with Crippen LogP contribution in [0.25, 0.3) is 0 Å². The van der Waals surface area contributed by atoms with E-state index in [1.165, 1.54) is 0 Å². The largest absolute Gasteiger partial charge is 0.496 e. The average molecular weight is 324 g/mol. The van der Waals surface area contributed by atoms with Gasteiger partial charge >= 0.3 is 0 Å². The zero-order valence-electron chi connectivity index (χ0n) is 11.8. The third kappa shape index (κ3) is 4.30. The minimum Gasteiger partial charge on any atom is -0.496 e. The smallest absolute Gasteiger partial charge is 0.123 e. The zero-order valence-corrected chi connectivity index (χ0v) is 13.4. The van der Waals surface area contributed by atoms with Crippen molar-refractivity contribution in [3.63, 3.8) is 0 Å². The van der Waals surface area contributed by atoms with Crippen LogP contribution < -0.4 is 10.5 Å². The van der Waals surface area contributed by atoms with Crippen LogP contribution >= 0.6 is 11.6 Å². The number of rotatable bonds is 6. The number of methoxy groups -OCH3 is 1. The summed E-state index contributed by atoms with van der Waals surface area (Å²) >= 11 is 6.09. The van der Waals surface area contributed by atoms with Crippen molar-refractivity contribution < 1.29 is 8.95 Å². The molecule has 1 atom stereocenters. The van der Waals surface area contributed by atoms with Crippen molar-refractivity contribution in [1.29, 1.82) is 0 Å². The first kappa shape index (κ1) is 16.0. The molecule has 0 amide bonds. The molecule has 5 heteroatoms. The van der Waals surface area contributed by atoms with Crippen molar-refractivity contribution in [2.24, 2.45) is 5.73 Å². The highest BCUT2D eigenvalue weighted by atomic mass is 35.5. The number of ether oxygens (including phenoxy) is 1. The number of benzene rings is 2. The normalized spacial score (nSPS) is 12.1. The molecular weight excluding hydrogens is 306 g/mol. The molecule has 0 aliphatic heterocycles. The number of hydrogen-bond acceptors (Lipinski definition) is 3. The first-order valence-electron chi connectivity index (χ1n) is 6.58.